The minimum absolute atomic E-state index is 0.0956. The molecule has 0 bridgehead atoms. The van der Waals surface area contributed by atoms with Gasteiger partial charge in [0.15, 0.2) is 0 Å². The summed E-state index contributed by atoms with van der Waals surface area (Å²) in [6, 6.07) is 10.6. The molecule has 1 spiro atoms. The van der Waals surface area contributed by atoms with E-state index in [0.717, 1.165) is 49.2 Å². The number of benzene rings is 1. The van der Waals surface area contributed by atoms with Crippen LogP contribution in [0.5, 0.6) is 0 Å². The SMILES string of the molecule is CS(=O)c1nc2c(c(N3CCN(C(=O)OC(C)(C)C)[C@@H](CC#N)C3)n1)C[C@]1(CCc3ccccc3C1)C2. The lowest BCUT2D eigenvalue weighted by atomic mass is 9.70. The zero-order valence-corrected chi connectivity index (χ0v) is 22.9. The zero-order valence-electron chi connectivity index (χ0n) is 22.1. The second-order valence-corrected chi connectivity index (χ2v) is 12.9. The van der Waals surface area contributed by atoms with Crippen LogP contribution in [0.1, 0.15) is 56.0 Å². The van der Waals surface area contributed by atoms with E-state index in [1.165, 1.54) is 11.1 Å². The van der Waals surface area contributed by atoms with Gasteiger partial charge in [-0.2, -0.15) is 5.26 Å². The van der Waals surface area contributed by atoms with Crippen molar-refractivity contribution in [2.24, 2.45) is 5.41 Å². The quantitative estimate of drug-likeness (QED) is 0.566. The largest absolute Gasteiger partial charge is 0.444 e. The number of fused-ring (bicyclic) bond motifs is 2. The number of nitriles is 1. The Hall–Kier alpha value is -2.99. The van der Waals surface area contributed by atoms with Crippen molar-refractivity contribution in [1.82, 2.24) is 14.9 Å². The molecule has 3 aliphatic rings. The van der Waals surface area contributed by atoms with Crippen molar-refractivity contribution >= 4 is 22.7 Å². The first-order chi connectivity index (χ1) is 17.6. The van der Waals surface area contributed by atoms with Crippen molar-refractivity contribution in [2.45, 2.75) is 76.1 Å². The van der Waals surface area contributed by atoms with Crippen molar-refractivity contribution in [1.29, 1.82) is 5.26 Å². The van der Waals surface area contributed by atoms with Crippen molar-refractivity contribution in [3.8, 4) is 6.07 Å². The Labute approximate surface area is 221 Å². The van der Waals surface area contributed by atoms with Crippen LogP contribution >= 0.6 is 0 Å². The molecule has 1 unspecified atom stereocenters. The normalized spacial score (nSPS) is 23.8. The molecule has 1 amide bonds. The fourth-order valence-electron chi connectivity index (χ4n) is 6.06. The molecule has 8 nitrogen and oxygen atoms in total. The fourth-order valence-corrected chi connectivity index (χ4v) is 6.52. The van der Waals surface area contributed by atoms with Gasteiger partial charge in [0.05, 0.1) is 35.0 Å². The van der Waals surface area contributed by atoms with E-state index in [4.69, 9.17) is 14.7 Å². The molecule has 196 valence electrons. The fraction of sp³-hybridized carbons (Fsp3) is 0.571. The molecular weight excluding hydrogens is 486 g/mol. The van der Waals surface area contributed by atoms with Gasteiger partial charge in [-0.25, -0.2) is 14.8 Å². The summed E-state index contributed by atoms with van der Waals surface area (Å²) in [6.07, 6.45) is 6.32. The summed E-state index contributed by atoms with van der Waals surface area (Å²) in [5.74, 6) is 0.817. The molecule has 1 aromatic heterocycles. The highest BCUT2D eigenvalue weighted by atomic mass is 32.2. The molecule has 1 fully saturated rings. The number of carbonyl (C=O) groups excluding carboxylic acids is 1. The molecule has 0 saturated carbocycles. The number of anilines is 1. The minimum Gasteiger partial charge on any atom is -0.444 e. The number of piperazine rings is 1. The van der Waals surface area contributed by atoms with E-state index in [2.05, 4.69) is 35.2 Å². The van der Waals surface area contributed by atoms with Gasteiger partial charge in [-0.3, -0.25) is 4.21 Å². The lowest BCUT2D eigenvalue weighted by Gasteiger charge is -2.42. The zero-order chi connectivity index (χ0) is 26.4. The Kier molecular flexibility index (Phi) is 6.73. The molecule has 1 aliphatic heterocycles. The van der Waals surface area contributed by atoms with Gasteiger partial charge in [-0.05, 0) is 69.4 Å². The third-order valence-corrected chi connectivity index (χ3v) is 8.44. The molecule has 5 rings (SSSR count). The summed E-state index contributed by atoms with van der Waals surface area (Å²) in [7, 11) is -1.31. The second-order valence-electron chi connectivity index (χ2n) is 11.6. The first-order valence-electron chi connectivity index (χ1n) is 13.0. The van der Waals surface area contributed by atoms with Gasteiger partial charge in [0.1, 0.15) is 11.4 Å². The highest BCUT2D eigenvalue weighted by Crippen LogP contribution is 2.48. The predicted molar refractivity (Wildman–Crippen MR) is 142 cm³/mol. The number of aromatic nitrogens is 2. The number of carbonyl (C=O) groups is 1. The highest BCUT2D eigenvalue weighted by Gasteiger charge is 2.44. The standard InChI is InChI=1S/C28H35N5O3S/c1-27(2,3)36-26(34)33-14-13-32(18-21(33)10-12-29)24-22-16-28(17-23(22)30-25(31-24)37(4)35)11-9-19-7-5-6-8-20(19)15-28/h5-8,21H,9-11,13-18H2,1-4H3/t21-,28+,37?/m0/s1. The molecule has 2 aliphatic carbocycles. The summed E-state index contributed by atoms with van der Waals surface area (Å²) < 4.78 is 18.1. The van der Waals surface area contributed by atoms with E-state index in [9.17, 15) is 14.3 Å². The Morgan fingerprint density at radius 1 is 1.19 bits per heavy atom. The van der Waals surface area contributed by atoms with Crippen molar-refractivity contribution < 1.29 is 13.7 Å². The van der Waals surface area contributed by atoms with Gasteiger partial charge in [0, 0.05) is 31.5 Å². The monoisotopic (exact) mass is 521 g/mol. The van der Waals surface area contributed by atoms with Crippen molar-refractivity contribution in [3.63, 3.8) is 0 Å². The summed E-state index contributed by atoms with van der Waals surface area (Å²) in [6.45, 7) is 7.00. The number of hydrogen-bond donors (Lipinski definition) is 0. The predicted octanol–water partition coefficient (Wildman–Crippen LogP) is 3.83. The second kappa shape index (κ2) is 9.71. The minimum atomic E-state index is -1.31. The third kappa shape index (κ3) is 5.22. The Morgan fingerprint density at radius 3 is 2.65 bits per heavy atom. The van der Waals surface area contributed by atoms with Gasteiger partial charge < -0.3 is 14.5 Å². The van der Waals surface area contributed by atoms with Gasteiger partial charge in [-0.15, -0.1) is 0 Å². The Bertz CT molecular complexity index is 1280. The molecule has 2 heterocycles. The van der Waals surface area contributed by atoms with Crippen molar-refractivity contribution in [3.05, 3.63) is 46.6 Å². The van der Waals surface area contributed by atoms with Gasteiger partial charge in [0.25, 0.3) is 0 Å². The molecular formula is C28H35N5O3S. The van der Waals surface area contributed by atoms with Crippen LogP contribution in [0.2, 0.25) is 0 Å². The van der Waals surface area contributed by atoms with E-state index in [1.807, 2.05) is 20.8 Å². The maximum Gasteiger partial charge on any atom is 0.410 e. The number of rotatable bonds is 3. The van der Waals surface area contributed by atoms with E-state index in [-0.39, 0.29) is 17.9 Å². The number of amides is 1. The lowest BCUT2D eigenvalue weighted by molar-refractivity contribution is 0.0145. The Balaban J connectivity index is 1.44. The molecule has 0 radical (unpaired) electrons. The number of nitrogens with zero attached hydrogens (tertiary/aromatic N) is 5. The maximum absolute atomic E-state index is 12.9. The number of hydrogen-bond acceptors (Lipinski definition) is 7. The van der Waals surface area contributed by atoms with Crippen LogP contribution in [0.3, 0.4) is 0 Å². The summed E-state index contributed by atoms with van der Waals surface area (Å²) in [5, 5.41) is 9.87. The molecule has 1 aromatic carbocycles. The maximum atomic E-state index is 12.9. The first-order valence-corrected chi connectivity index (χ1v) is 14.5. The lowest BCUT2D eigenvalue weighted by Crippen LogP contribution is -2.56. The van der Waals surface area contributed by atoms with Gasteiger partial charge in [0.2, 0.25) is 5.16 Å². The topological polar surface area (TPSA) is 99.4 Å². The van der Waals surface area contributed by atoms with E-state index >= 15 is 0 Å². The Morgan fingerprint density at radius 2 is 1.95 bits per heavy atom. The van der Waals surface area contributed by atoms with E-state index in [1.54, 1.807) is 11.2 Å². The third-order valence-electron chi connectivity index (χ3n) is 7.75. The highest BCUT2D eigenvalue weighted by molar-refractivity contribution is 7.84. The summed E-state index contributed by atoms with van der Waals surface area (Å²) >= 11 is 0. The molecule has 1 saturated heterocycles. The average molecular weight is 522 g/mol. The van der Waals surface area contributed by atoms with Crippen LogP contribution in [0.25, 0.3) is 0 Å². The first kappa shape index (κ1) is 25.7. The van der Waals surface area contributed by atoms with E-state index < -0.39 is 22.5 Å². The van der Waals surface area contributed by atoms with Crippen LogP contribution in [0.4, 0.5) is 10.6 Å². The van der Waals surface area contributed by atoms with Crippen LogP contribution in [-0.2, 0) is 41.2 Å². The smallest absolute Gasteiger partial charge is 0.410 e. The molecule has 3 atom stereocenters. The van der Waals surface area contributed by atoms with Crippen LogP contribution in [-0.4, -0.2) is 62.7 Å². The molecule has 2 aromatic rings. The summed E-state index contributed by atoms with van der Waals surface area (Å²) in [5.41, 5.74) is 4.47. The number of ether oxygens (including phenoxy) is 1. The van der Waals surface area contributed by atoms with Crippen LogP contribution in [0.15, 0.2) is 29.4 Å². The molecule has 0 N–H and O–H groups in total. The molecule has 9 heteroatoms. The van der Waals surface area contributed by atoms with Crippen molar-refractivity contribution in [2.75, 3.05) is 30.8 Å². The molecule has 37 heavy (non-hydrogen) atoms. The van der Waals surface area contributed by atoms with E-state index in [0.29, 0.717) is 24.8 Å². The van der Waals surface area contributed by atoms with Gasteiger partial charge in [-0.1, -0.05) is 24.3 Å². The number of aryl methyl sites for hydroxylation is 1. The summed E-state index contributed by atoms with van der Waals surface area (Å²) in [4.78, 5) is 26.3. The van der Waals surface area contributed by atoms with Crippen LogP contribution in [0, 0.1) is 16.7 Å². The van der Waals surface area contributed by atoms with Gasteiger partial charge >= 0.3 is 6.09 Å². The average Bonchev–Trinajstić information content (AvgIpc) is 3.19. The van der Waals surface area contributed by atoms with Crippen LogP contribution < -0.4 is 4.90 Å².